The lowest BCUT2D eigenvalue weighted by Crippen LogP contribution is -2.24. The summed E-state index contributed by atoms with van der Waals surface area (Å²) in [7, 11) is 0. The highest BCUT2D eigenvalue weighted by Gasteiger charge is 2.36. The first kappa shape index (κ1) is 12.5. The van der Waals surface area contributed by atoms with Gasteiger partial charge in [0.15, 0.2) is 10.8 Å². The molecule has 0 radical (unpaired) electrons. The molecular weight excluding hydrogens is 274 g/mol. The van der Waals surface area contributed by atoms with Gasteiger partial charge in [0.2, 0.25) is 5.95 Å². The smallest absolute Gasteiger partial charge is 0.204 e. The molecule has 0 unspecified atom stereocenters. The number of fused-ring (bicyclic) bond motifs is 1. The van der Waals surface area contributed by atoms with Crippen LogP contribution in [-0.4, -0.2) is 48.5 Å². The Bertz CT molecular complexity index is 618. The van der Waals surface area contributed by atoms with Gasteiger partial charge >= 0.3 is 0 Å². The first-order valence-electron chi connectivity index (χ1n) is 5.70. The van der Waals surface area contributed by atoms with E-state index in [1.165, 1.54) is 6.33 Å². The van der Waals surface area contributed by atoms with Gasteiger partial charge in [0.1, 0.15) is 24.2 Å². The van der Waals surface area contributed by atoms with Crippen molar-refractivity contribution in [3.63, 3.8) is 0 Å². The van der Waals surface area contributed by atoms with Crippen molar-refractivity contribution in [2.75, 3.05) is 12.3 Å². The molecule has 1 aliphatic heterocycles. The number of imidazole rings is 1. The van der Waals surface area contributed by atoms with Gasteiger partial charge in [-0.05, 0) is 0 Å². The zero-order valence-corrected chi connectivity index (χ0v) is 10.5. The molecule has 1 fully saturated rings. The predicted molar refractivity (Wildman–Crippen MR) is 66.4 cm³/mol. The summed E-state index contributed by atoms with van der Waals surface area (Å²) in [5.41, 5.74) is 6.66. The van der Waals surface area contributed by atoms with Crippen LogP contribution in [0.15, 0.2) is 6.33 Å². The quantitative estimate of drug-likeness (QED) is 0.648. The Balaban J connectivity index is 2.06. The number of nitrogens with two attached hydrogens (primary N) is 1. The van der Waals surface area contributed by atoms with E-state index in [-0.39, 0.29) is 17.7 Å². The number of anilines is 1. The van der Waals surface area contributed by atoms with Crippen LogP contribution in [0.5, 0.6) is 0 Å². The van der Waals surface area contributed by atoms with Crippen LogP contribution >= 0.6 is 11.6 Å². The van der Waals surface area contributed by atoms with Crippen molar-refractivity contribution in [3.05, 3.63) is 11.5 Å². The van der Waals surface area contributed by atoms with Gasteiger partial charge in [0, 0.05) is 6.42 Å². The SMILES string of the molecule is Nc1nc2c(Cl)ncnc2n1[C@@H]1C[C@@H](O)[C@H](CO)O1. The summed E-state index contributed by atoms with van der Waals surface area (Å²) in [5.74, 6) is 0.174. The average molecular weight is 286 g/mol. The first-order chi connectivity index (χ1) is 9.11. The molecule has 102 valence electrons. The Labute approximate surface area is 112 Å². The standard InChI is InChI=1S/C10H12ClN5O3/c11-8-7-9(14-3-13-8)16(10(12)15-7)6-1-4(18)5(2-17)19-6/h3-6,17-18H,1-2H2,(H2,12,15)/t4-,5+,6+/m1/s1. The fourth-order valence-corrected chi connectivity index (χ4v) is 2.39. The van der Waals surface area contributed by atoms with Gasteiger partial charge in [-0.2, -0.15) is 0 Å². The van der Waals surface area contributed by atoms with Crippen molar-refractivity contribution in [2.24, 2.45) is 0 Å². The van der Waals surface area contributed by atoms with Crippen molar-refractivity contribution in [1.82, 2.24) is 19.5 Å². The number of nitrogens with zero attached hydrogens (tertiary/aromatic N) is 4. The summed E-state index contributed by atoms with van der Waals surface area (Å²) in [5, 5.41) is 19.0. The van der Waals surface area contributed by atoms with Gasteiger partial charge in [-0.3, -0.25) is 4.57 Å². The molecule has 0 spiro atoms. The fourth-order valence-electron chi connectivity index (χ4n) is 2.22. The van der Waals surface area contributed by atoms with E-state index >= 15 is 0 Å². The Morgan fingerprint density at radius 2 is 2.32 bits per heavy atom. The van der Waals surface area contributed by atoms with Gasteiger partial charge in [-0.15, -0.1) is 0 Å². The lowest BCUT2D eigenvalue weighted by molar-refractivity contribution is -0.0425. The van der Waals surface area contributed by atoms with Crippen LogP contribution in [0.4, 0.5) is 5.95 Å². The fraction of sp³-hybridized carbons (Fsp3) is 0.500. The van der Waals surface area contributed by atoms with E-state index in [9.17, 15) is 5.11 Å². The molecule has 9 heteroatoms. The number of aliphatic hydroxyl groups excluding tert-OH is 2. The minimum absolute atomic E-state index is 0.174. The molecule has 2 aromatic heterocycles. The average Bonchev–Trinajstić information content (AvgIpc) is 2.90. The van der Waals surface area contributed by atoms with Crippen molar-refractivity contribution in [3.8, 4) is 0 Å². The van der Waals surface area contributed by atoms with Crippen molar-refractivity contribution in [2.45, 2.75) is 24.9 Å². The lowest BCUT2D eigenvalue weighted by Gasteiger charge is -2.14. The second-order valence-corrected chi connectivity index (χ2v) is 4.65. The van der Waals surface area contributed by atoms with Crippen LogP contribution in [0.3, 0.4) is 0 Å². The molecule has 0 amide bonds. The van der Waals surface area contributed by atoms with E-state index in [1.54, 1.807) is 4.57 Å². The number of rotatable bonds is 2. The minimum Gasteiger partial charge on any atom is -0.394 e. The molecule has 1 aliphatic rings. The molecular formula is C10H12ClN5O3. The maximum absolute atomic E-state index is 9.76. The molecule has 0 aromatic carbocycles. The van der Waals surface area contributed by atoms with Crippen LogP contribution in [-0.2, 0) is 4.74 Å². The molecule has 0 bridgehead atoms. The number of aliphatic hydroxyl groups is 2. The topological polar surface area (TPSA) is 119 Å². The number of ether oxygens (including phenoxy) is 1. The van der Waals surface area contributed by atoms with E-state index in [4.69, 9.17) is 27.2 Å². The molecule has 3 heterocycles. The zero-order chi connectivity index (χ0) is 13.6. The van der Waals surface area contributed by atoms with E-state index in [0.717, 1.165) is 0 Å². The van der Waals surface area contributed by atoms with Crippen molar-refractivity contribution >= 4 is 28.7 Å². The van der Waals surface area contributed by atoms with Crippen LogP contribution in [0.1, 0.15) is 12.6 Å². The Hall–Kier alpha value is -1.48. The Kier molecular flexibility index (Phi) is 3.02. The zero-order valence-electron chi connectivity index (χ0n) is 9.77. The highest BCUT2D eigenvalue weighted by Crippen LogP contribution is 2.33. The number of hydrogen-bond donors (Lipinski definition) is 3. The molecule has 1 saturated heterocycles. The molecule has 0 aliphatic carbocycles. The largest absolute Gasteiger partial charge is 0.394 e. The van der Waals surface area contributed by atoms with Crippen LogP contribution in [0, 0.1) is 0 Å². The van der Waals surface area contributed by atoms with E-state index < -0.39 is 18.4 Å². The van der Waals surface area contributed by atoms with Gasteiger partial charge in [-0.25, -0.2) is 15.0 Å². The summed E-state index contributed by atoms with van der Waals surface area (Å²) >= 11 is 5.92. The predicted octanol–water partition coefficient (Wildman–Crippen LogP) is -0.297. The van der Waals surface area contributed by atoms with Crippen molar-refractivity contribution < 1.29 is 14.9 Å². The highest BCUT2D eigenvalue weighted by molar-refractivity contribution is 6.33. The molecule has 0 saturated carbocycles. The minimum atomic E-state index is -0.760. The highest BCUT2D eigenvalue weighted by atomic mass is 35.5. The summed E-state index contributed by atoms with van der Waals surface area (Å²) < 4.78 is 7.08. The van der Waals surface area contributed by atoms with E-state index in [2.05, 4.69) is 15.0 Å². The Morgan fingerprint density at radius 1 is 1.53 bits per heavy atom. The number of nitrogen functional groups attached to an aromatic ring is 1. The maximum atomic E-state index is 9.76. The third kappa shape index (κ3) is 1.93. The summed E-state index contributed by atoms with van der Waals surface area (Å²) in [6.45, 7) is -0.264. The molecule has 3 atom stereocenters. The third-order valence-corrected chi connectivity index (χ3v) is 3.41. The summed E-state index contributed by atoms with van der Waals surface area (Å²) in [4.78, 5) is 12.0. The number of aromatic nitrogens is 4. The summed E-state index contributed by atoms with van der Waals surface area (Å²) in [6.07, 6.45) is -0.342. The Morgan fingerprint density at radius 3 is 3.00 bits per heavy atom. The maximum Gasteiger partial charge on any atom is 0.204 e. The monoisotopic (exact) mass is 285 g/mol. The van der Waals surface area contributed by atoms with E-state index in [0.29, 0.717) is 17.6 Å². The van der Waals surface area contributed by atoms with Crippen molar-refractivity contribution in [1.29, 1.82) is 0 Å². The lowest BCUT2D eigenvalue weighted by atomic mass is 10.2. The third-order valence-electron chi connectivity index (χ3n) is 3.13. The van der Waals surface area contributed by atoms with Crippen LogP contribution in [0.2, 0.25) is 5.15 Å². The van der Waals surface area contributed by atoms with Crippen LogP contribution in [0.25, 0.3) is 11.2 Å². The molecule has 2 aromatic rings. The second-order valence-electron chi connectivity index (χ2n) is 4.29. The van der Waals surface area contributed by atoms with Gasteiger partial charge in [0.05, 0.1) is 12.7 Å². The molecule has 4 N–H and O–H groups in total. The number of hydrogen-bond acceptors (Lipinski definition) is 7. The van der Waals surface area contributed by atoms with Crippen LogP contribution < -0.4 is 5.73 Å². The normalized spacial score (nSPS) is 27.2. The second kappa shape index (κ2) is 4.57. The van der Waals surface area contributed by atoms with Gasteiger partial charge in [0.25, 0.3) is 0 Å². The van der Waals surface area contributed by atoms with Gasteiger partial charge < -0.3 is 20.7 Å². The summed E-state index contributed by atoms with van der Waals surface area (Å²) in [6, 6.07) is 0. The first-order valence-corrected chi connectivity index (χ1v) is 6.08. The molecule has 3 rings (SSSR count). The van der Waals surface area contributed by atoms with E-state index in [1.807, 2.05) is 0 Å². The molecule has 19 heavy (non-hydrogen) atoms. The molecule has 8 nitrogen and oxygen atoms in total. The number of halogens is 1. The van der Waals surface area contributed by atoms with Gasteiger partial charge in [-0.1, -0.05) is 11.6 Å².